The summed E-state index contributed by atoms with van der Waals surface area (Å²) in [5.74, 6) is -0.404. The molecule has 1 aromatic rings. The molecule has 0 spiro atoms. The number of ketones is 1. The molecule has 5 heteroatoms. The quantitative estimate of drug-likeness (QED) is 0.521. The van der Waals surface area contributed by atoms with Gasteiger partial charge in [-0.25, -0.2) is 0 Å². The van der Waals surface area contributed by atoms with E-state index >= 15 is 0 Å². The van der Waals surface area contributed by atoms with Crippen LogP contribution in [-0.2, 0) is 16.2 Å². The first-order chi connectivity index (χ1) is 11.8. The van der Waals surface area contributed by atoms with E-state index in [0.29, 0.717) is 6.61 Å². The second kappa shape index (κ2) is 10.3. The van der Waals surface area contributed by atoms with Crippen molar-refractivity contribution in [3.05, 3.63) is 35.9 Å². The zero-order valence-corrected chi connectivity index (χ0v) is 16.2. The summed E-state index contributed by atoms with van der Waals surface area (Å²) in [6, 6.07) is 9.35. The number of benzene rings is 1. The summed E-state index contributed by atoms with van der Waals surface area (Å²) >= 11 is 0. The van der Waals surface area contributed by atoms with E-state index in [9.17, 15) is 9.90 Å². The second-order valence-electron chi connectivity index (χ2n) is 7.12. The zero-order chi connectivity index (χ0) is 19.0. The Kier molecular flexibility index (Phi) is 8.79. The van der Waals surface area contributed by atoms with E-state index in [1.807, 2.05) is 76.9 Å². The minimum atomic E-state index is -0.841. The number of oxime groups is 1. The van der Waals surface area contributed by atoms with Gasteiger partial charge in [-0.05, 0) is 26.5 Å². The Labute approximate surface area is 151 Å². The van der Waals surface area contributed by atoms with Crippen LogP contribution in [0.15, 0.2) is 35.5 Å². The Morgan fingerprint density at radius 3 is 2.32 bits per heavy atom. The first-order valence-electron chi connectivity index (χ1n) is 8.88. The summed E-state index contributed by atoms with van der Waals surface area (Å²) < 4.78 is 0. The van der Waals surface area contributed by atoms with Gasteiger partial charge in [0.15, 0.2) is 5.78 Å². The molecular formula is C20H32N2O3. The average molecular weight is 348 g/mol. The average Bonchev–Trinajstić information content (AvgIpc) is 2.59. The number of carbonyl (C=O) groups is 1. The number of rotatable bonds is 10. The molecule has 0 aliphatic heterocycles. The number of likely N-dealkylation sites (N-methyl/N-ethyl adjacent to an activating group) is 1. The van der Waals surface area contributed by atoms with E-state index in [-0.39, 0.29) is 23.7 Å². The number of carbonyl (C=O) groups excluding carboxylic acids is 1. The van der Waals surface area contributed by atoms with E-state index in [0.717, 1.165) is 5.56 Å². The van der Waals surface area contributed by atoms with Crippen molar-refractivity contribution in [2.45, 2.75) is 59.4 Å². The van der Waals surface area contributed by atoms with Crippen LogP contribution >= 0.6 is 0 Å². The molecule has 0 saturated heterocycles. The largest absolute Gasteiger partial charge is 0.391 e. The number of nitrogens with zero attached hydrogens (tertiary/aromatic N) is 2. The van der Waals surface area contributed by atoms with Crippen molar-refractivity contribution < 1.29 is 14.7 Å². The normalized spacial score (nSPS) is 15.8. The second-order valence-corrected chi connectivity index (χ2v) is 7.12. The van der Waals surface area contributed by atoms with Gasteiger partial charge in [-0.15, -0.1) is 0 Å². The van der Waals surface area contributed by atoms with Gasteiger partial charge in [-0.1, -0.05) is 56.3 Å². The molecular weight excluding hydrogens is 316 g/mol. The lowest BCUT2D eigenvalue weighted by molar-refractivity contribution is -0.132. The van der Waals surface area contributed by atoms with Crippen molar-refractivity contribution >= 4 is 12.0 Å². The summed E-state index contributed by atoms with van der Waals surface area (Å²) in [5.41, 5.74) is 1.03. The Hall–Kier alpha value is -1.72. The van der Waals surface area contributed by atoms with Gasteiger partial charge in [0.1, 0.15) is 6.61 Å². The molecule has 1 rings (SSSR count). The number of hydrogen-bond acceptors (Lipinski definition) is 5. The maximum atomic E-state index is 12.6. The summed E-state index contributed by atoms with van der Waals surface area (Å²) in [7, 11) is 1.87. The van der Waals surface area contributed by atoms with Gasteiger partial charge in [0.05, 0.1) is 12.1 Å². The first-order valence-corrected chi connectivity index (χ1v) is 8.88. The van der Waals surface area contributed by atoms with Crippen molar-refractivity contribution in [2.24, 2.45) is 17.0 Å². The van der Waals surface area contributed by atoms with Crippen LogP contribution in [0, 0.1) is 11.8 Å². The molecule has 5 nitrogen and oxygen atoms in total. The molecule has 140 valence electrons. The number of hydrogen-bond donors (Lipinski definition) is 1. The maximum Gasteiger partial charge on any atom is 0.155 e. The van der Waals surface area contributed by atoms with Gasteiger partial charge in [0.25, 0.3) is 0 Å². The van der Waals surface area contributed by atoms with Crippen molar-refractivity contribution in [1.29, 1.82) is 0 Å². The summed E-state index contributed by atoms with van der Waals surface area (Å²) in [6.07, 6.45) is 0.730. The molecule has 1 aromatic carbocycles. The third kappa shape index (κ3) is 6.59. The smallest absolute Gasteiger partial charge is 0.155 e. The number of Topliss-reactive ketones (excluding diaryl/α,β-unsaturated/α-hetero) is 1. The molecule has 25 heavy (non-hydrogen) atoms. The van der Waals surface area contributed by atoms with Crippen LogP contribution in [-0.4, -0.2) is 47.2 Å². The number of aliphatic hydroxyl groups is 1. The fourth-order valence-corrected chi connectivity index (χ4v) is 2.47. The highest BCUT2D eigenvalue weighted by atomic mass is 16.6. The van der Waals surface area contributed by atoms with Crippen LogP contribution in [0.1, 0.15) is 40.2 Å². The van der Waals surface area contributed by atoms with Crippen molar-refractivity contribution in [2.75, 3.05) is 7.05 Å². The van der Waals surface area contributed by atoms with Gasteiger partial charge in [0.2, 0.25) is 0 Å². The highest BCUT2D eigenvalue weighted by Gasteiger charge is 2.35. The Balaban J connectivity index is 2.70. The highest BCUT2D eigenvalue weighted by Crippen LogP contribution is 2.18. The molecule has 1 N–H and O–H groups in total. The van der Waals surface area contributed by atoms with Crippen LogP contribution in [0.3, 0.4) is 0 Å². The minimum Gasteiger partial charge on any atom is -0.391 e. The summed E-state index contributed by atoms with van der Waals surface area (Å²) in [4.78, 5) is 19.8. The molecule has 0 amide bonds. The van der Waals surface area contributed by atoms with Crippen LogP contribution in [0.4, 0.5) is 0 Å². The van der Waals surface area contributed by atoms with Crippen LogP contribution in [0.2, 0.25) is 0 Å². The van der Waals surface area contributed by atoms with E-state index in [2.05, 4.69) is 5.16 Å². The van der Waals surface area contributed by atoms with Gasteiger partial charge in [-0.2, -0.15) is 0 Å². The predicted octanol–water partition coefficient (Wildman–Crippen LogP) is 3.12. The van der Waals surface area contributed by atoms with Crippen molar-refractivity contribution in [3.63, 3.8) is 0 Å². The van der Waals surface area contributed by atoms with E-state index in [1.165, 1.54) is 0 Å². The summed E-state index contributed by atoms with van der Waals surface area (Å²) in [5, 5.41) is 14.7. The molecule has 0 fully saturated rings. The lowest BCUT2D eigenvalue weighted by Gasteiger charge is -2.36. The van der Waals surface area contributed by atoms with Crippen LogP contribution in [0.25, 0.3) is 0 Å². The molecule has 0 unspecified atom stereocenters. The highest BCUT2D eigenvalue weighted by molar-refractivity contribution is 5.87. The van der Waals surface area contributed by atoms with Crippen LogP contribution in [0.5, 0.6) is 0 Å². The van der Waals surface area contributed by atoms with E-state index in [4.69, 9.17) is 4.84 Å². The van der Waals surface area contributed by atoms with Gasteiger partial charge in [0, 0.05) is 24.1 Å². The lowest BCUT2D eigenvalue weighted by Crippen LogP contribution is -2.53. The first kappa shape index (κ1) is 21.3. The molecule has 0 radical (unpaired) electrons. The fraction of sp³-hybridized carbons (Fsp3) is 0.600. The fourth-order valence-electron chi connectivity index (χ4n) is 2.47. The van der Waals surface area contributed by atoms with Gasteiger partial charge >= 0.3 is 0 Å². The molecule has 0 aliphatic carbocycles. The molecule has 3 atom stereocenters. The van der Waals surface area contributed by atoms with Crippen molar-refractivity contribution in [3.8, 4) is 0 Å². The molecule has 0 bridgehead atoms. The van der Waals surface area contributed by atoms with Crippen molar-refractivity contribution in [1.82, 2.24) is 4.90 Å². The SMILES string of the molecule is CC(C)C(=O)[C@H]([C@H](O)[C@H](C)C=NOCc1ccccc1)N(C)C(C)C. The Bertz CT molecular complexity index is 543. The van der Waals surface area contributed by atoms with E-state index < -0.39 is 12.1 Å². The molecule has 0 saturated carbocycles. The zero-order valence-electron chi connectivity index (χ0n) is 16.2. The molecule has 0 heterocycles. The lowest BCUT2D eigenvalue weighted by atomic mass is 9.89. The van der Waals surface area contributed by atoms with Crippen LogP contribution < -0.4 is 0 Å². The van der Waals surface area contributed by atoms with E-state index in [1.54, 1.807) is 6.21 Å². The number of aliphatic hydroxyl groups excluding tert-OH is 1. The third-order valence-corrected chi connectivity index (χ3v) is 4.42. The summed E-state index contributed by atoms with van der Waals surface area (Å²) in [6.45, 7) is 9.95. The predicted molar refractivity (Wildman–Crippen MR) is 101 cm³/mol. The maximum absolute atomic E-state index is 12.6. The van der Waals surface area contributed by atoms with Gasteiger partial charge < -0.3 is 9.94 Å². The Morgan fingerprint density at radius 1 is 1.20 bits per heavy atom. The topological polar surface area (TPSA) is 62.1 Å². The molecule has 0 aromatic heterocycles. The van der Waals surface area contributed by atoms with Gasteiger partial charge in [-0.3, -0.25) is 9.69 Å². The minimum absolute atomic E-state index is 0.0363. The molecule has 0 aliphatic rings. The standard InChI is InChI=1S/C20H32N2O3/c1-14(2)19(23)18(22(6)15(3)4)20(24)16(5)12-21-25-13-17-10-8-7-9-11-17/h7-12,14-16,18,20,24H,13H2,1-6H3/t16-,18-,20-/m1/s1. The monoisotopic (exact) mass is 348 g/mol. The third-order valence-electron chi connectivity index (χ3n) is 4.42. The Morgan fingerprint density at radius 2 is 1.80 bits per heavy atom.